The van der Waals surface area contributed by atoms with E-state index in [4.69, 9.17) is 0 Å². The van der Waals surface area contributed by atoms with Gasteiger partial charge >= 0.3 is 5.97 Å². The van der Waals surface area contributed by atoms with Crippen molar-refractivity contribution in [2.24, 2.45) is 5.92 Å². The topological polar surface area (TPSA) is 52.6 Å². The molecule has 0 heterocycles. The second-order valence-electron chi connectivity index (χ2n) is 5.96. The molecule has 1 aliphatic rings. The summed E-state index contributed by atoms with van der Waals surface area (Å²) in [7, 11) is 2.11. The summed E-state index contributed by atoms with van der Waals surface area (Å²) in [4.78, 5) is 13.7. The van der Waals surface area contributed by atoms with Gasteiger partial charge in [0.2, 0.25) is 0 Å². The summed E-state index contributed by atoms with van der Waals surface area (Å²) in [5, 5.41) is 12.5. The lowest BCUT2D eigenvalue weighted by atomic mass is 9.92. The first kappa shape index (κ1) is 15.4. The van der Waals surface area contributed by atoms with Crippen molar-refractivity contribution in [1.29, 1.82) is 0 Å². The van der Waals surface area contributed by atoms with Crippen LogP contribution < -0.4 is 5.32 Å². The van der Waals surface area contributed by atoms with E-state index in [0.717, 1.165) is 5.92 Å². The van der Waals surface area contributed by atoms with Crippen molar-refractivity contribution in [3.05, 3.63) is 0 Å². The zero-order chi connectivity index (χ0) is 13.9. The second kappa shape index (κ2) is 6.02. The van der Waals surface area contributed by atoms with E-state index in [1.54, 1.807) is 6.92 Å². The number of rotatable bonds is 8. The van der Waals surface area contributed by atoms with Crippen molar-refractivity contribution in [1.82, 2.24) is 10.2 Å². The number of carbonyl (C=O) groups is 1. The molecule has 0 radical (unpaired) electrons. The summed E-state index contributed by atoms with van der Waals surface area (Å²) in [6.45, 7) is 8.78. The first-order valence-corrected chi connectivity index (χ1v) is 7.02. The number of nitrogens with zero attached hydrogens (tertiary/aromatic N) is 1. The molecule has 0 amide bonds. The van der Waals surface area contributed by atoms with E-state index in [1.165, 1.54) is 12.8 Å². The van der Waals surface area contributed by atoms with Gasteiger partial charge in [0.25, 0.3) is 0 Å². The van der Waals surface area contributed by atoms with Crippen molar-refractivity contribution >= 4 is 5.97 Å². The lowest BCUT2D eigenvalue weighted by Gasteiger charge is -2.36. The van der Waals surface area contributed by atoms with Crippen LogP contribution in [0.15, 0.2) is 0 Å². The normalized spacial score (nSPS) is 22.6. The summed E-state index contributed by atoms with van der Waals surface area (Å²) >= 11 is 0. The molecule has 0 bridgehead atoms. The Balaban J connectivity index is 2.59. The van der Waals surface area contributed by atoms with Crippen LogP contribution in [0.25, 0.3) is 0 Å². The van der Waals surface area contributed by atoms with E-state index in [1.807, 2.05) is 6.92 Å². The average molecular weight is 256 g/mol. The number of carboxylic acid groups (broad SMARTS) is 1. The van der Waals surface area contributed by atoms with E-state index < -0.39 is 11.5 Å². The Morgan fingerprint density at radius 2 is 2.06 bits per heavy atom. The minimum atomic E-state index is -0.828. The Hall–Kier alpha value is -0.610. The Morgan fingerprint density at radius 1 is 1.50 bits per heavy atom. The Kier molecular flexibility index (Phi) is 5.17. The Labute approximate surface area is 111 Å². The molecule has 4 heteroatoms. The highest BCUT2D eigenvalue weighted by molar-refractivity contribution is 5.78. The van der Waals surface area contributed by atoms with Gasteiger partial charge in [-0.15, -0.1) is 0 Å². The number of carboxylic acids is 1. The molecule has 0 saturated heterocycles. The number of nitrogens with one attached hydrogen (secondary N) is 1. The number of hydrogen-bond donors (Lipinski definition) is 2. The third-order valence-electron chi connectivity index (χ3n) is 4.38. The van der Waals surface area contributed by atoms with Crippen molar-refractivity contribution in [2.45, 2.75) is 64.6 Å². The average Bonchev–Trinajstić information content (AvgIpc) is 3.10. The molecule has 0 spiro atoms. The molecule has 0 aromatic carbocycles. The molecule has 3 atom stereocenters. The highest BCUT2D eigenvalue weighted by Gasteiger charge is 2.37. The zero-order valence-electron chi connectivity index (χ0n) is 12.4. The van der Waals surface area contributed by atoms with Gasteiger partial charge in [-0.3, -0.25) is 4.79 Å². The maximum atomic E-state index is 11.4. The highest BCUT2D eigenvalue weighted by Crippen LogP contribution is 2.35. The van der Waals surface area contributed by atoms with Crippen molar-refractivity contribution in [3.63, 3.8) is 0 Å². The molecule has 0 aromatic heterocycles. The Morgan fingerprint density at radius 3 is 2.44 bits per heavy atom. The zero-order valence-corrected chi connectivity index (χ0v) is 12.4. The fraction of sp³-hybridized carbons (Fsp3) is 0.929. The van der Waals surface area contributed by atoms with E-state index in [2.05, 4.69) is 31.1 Å². The third-order valence-corrected chi connectivity index (χ3v) is 4.38. The van der Waals surface area contributed by atoms with Gasteiger partial charge in [-0.2, -0.15) is 0 Å². The SMILES string of the molecule is CCNC(C)(CC(C)N(C)C(C)C1CC1)C(=O)O. The summed E-state index contributed by atoms with van der Waals surface area (Å²) in [5.41, 5.74) is -0.828. The molecule has 4 nitrogen and oxygen atoms in total. The third kappa shape index (κ3) is 3.69. The van der Waals surface area contributed by atoms with Crippen molar-refractivity contribution in [3.8, 4) is 0 Å². The molecular formula is C14H28N2O2. The fourth-order valence-electron chi connectivity index (χ4n) is 2.67. The van der Waals surface area contributed by atoms with E-state index >= 15 is 0 Å². The maximum Gasteiger partial charge on any atom is 0.323 e. The number of hydrogen-bond acceptors (Lipinski definition) is 3. The molecule has 3 unspecified atom stereocenters. The summed E-state index contributed by atoms with van der Waals surface area (Å²) in [5.74, 6) is 0.0522. The van der Waals surface area contributed by atoms with Gasteiger partial charge in [-0.1, -0.05) is 6.92 Å². The lowest BCUT2D eigenvalue weighted by molar-refractivity contribution is -0.145. The molecule has 1 saturated carbocycles. The van der Waals surface area contributed by atoms with Crippen LogP contribution >= 0.6 is 0 Å². The van der Waals surface area contributed by atoms with E-state index in [-0.39, 0.29) is 6.04 Å². The van der Waals surface area contributed by atoms with Crippen LogP contribution in [0.2, 0.25) is 0 Å². The van der Waals surface area contributed by atoms with Crippen molar-refractivity contribution in [2.75, 3.05) is 13.6 Å². The largest absolute Gasteiger partial charge is 0.480 e. The lowest BCUT2D eigenvalue weighted by Crippen LogP contribution is -2.54. The molecule has 1 aliphatic carbocycles. The van der Waals surface area contributed by atoms with Gasteiger partial charge in [-0.25, -0.2) is 0 Å². The molecule has 0 aromatic rings. The smallest absolute Gasteiger partial charge is 0.323 e. The van der Waals surface area contributed by atoms with Gasteiger partial charge in [0.05, 0.1) is 0 Å². The monoisotopic (exact) mass is 256 g/mol. The van der Waals surface area contributed by atoms with Gasteiger partial charge in [0.15, 0.2) is 0 Å². The quantitative estimate of drug-likeness (QED) is 0.697. The van der Waals surface area contributed by atoms with Crippen LogP contribution in [0.5, 0.6) is 0 Å². The van der Waals surface area contributed by atoms with E-state index in [0.29, 0.717) is 19.0 Å². The molecule has 18 heavy (non-hydrogen) atoms. The first-order valence-electron chi connectivity index (χ1n) is 7.02. The number of aliphatic carboxylic acids is 1. The van der Waals surface area contributed by atoms with Gasteiger partial charge < -0.3 is 15.3 Å². The molecule has 2 N–H and O–H groups in total. The molecule has 1 fully saturated rings. The predicted octanol–water partition coefficient (Wildman–Crippen LogP) is 1.95. The van der Waals surface area contributed by atoms with Crippen LogP contribution in [0, 0.1) is 5.92 Å². The van der Waals surface area contributed by atoms with Crippen LogP contribution in [0.1, 0.15) is 47.0 Å². The molecular weight excluding hydrogens is 228 g/mol. The van der Waals surface area contributed by atoms with Crippen LogP contribution in [0.3, 0.4) is 0 Å². The molecule has 0 aliphatic heterocycles. The minimum absolute atomic E-state index is 0.265. The standard InChI is InChI=1S/C14H28N2O2/c1-6-15-14(4,13(17)18)9-10(2)16(5)11(3)12-7-8-12/h10-12,15H,6-9H2,1-5H3,(H,17,18). The molecule has 106 valence electrons. The first-order chi connectivity index (χ1) is 8.31. The summed E-state index contributed by atoms with van der Waals surface area (Å²) in [6, 6.07) is 0.820. The number of likely N-dealkylation sites (N-methyl/N-ethyl adjacent to an activating group) is 1. The molecule has 1 rings (SSSR count). The van der Waals surface area contributed by atoms with Crippen molar-refractivity contribution < 1.29 is 9.90 Å². The fourth-order valence-corrected chi connectivity index (χ4v) is 2.67. The minimum Gasteiger partial charge on any atom is -0.480 e. The van der Waals surface area contributed by atoms with Crippen LogP contribution in [-0.4, -0.2) is 47.2 Å². The van der Waals surface area contributed by atoms with E-state index in [9.17, 15) is 9.90 Å². The Bertz CT molecular complexity index is 292. The summed E-state index contributed by atoms with van der Waals surface area (Å²) < 4.78 is 0. The van der Waals surface area contributed by atoms with Gasteiger partial charge in [0.1, 0.15) is 5.54 Å². The van der Waals surface area contributed by atoms with Gasteiger partial charge in [-0.05, 0) is 59.5 Å². The van der Waals surface area contributed by atoms with Crippen LogP contribution in [0.4, 0.5) is 0 Å². The summed E-state index contributed by atoms with van der Waals surface area (Å²) in [6.07, 6.45) is 3.27. The second-order valence-corrected chi connectivity index (χ2v) is 5.96. The maximum absolute atomic E-state index is 11.4. The van der Waals surface area contributed by atoms with Gasteiger partial charge in [0, 0.05) is 12.1 Å². The predicted molar refractivity (Wildman–Crippen MR) is 73.7 cm³/mol. The van der Waals surface area contributed by atoms with Crippen LogP contribution in [-0.2, 0) is 4.79 Å². The highest BCUT2D eigenvalue weighted by atomic mass is 16.4.